The van der Waals surface area contributed by atoms with E-state index >= 15 is 0 Å². The molecule has 1 unspecified atom stereocenters. The first-order chi connectivity index (χ1) is 9.08. The maximum absolute atomic E-state index is 12.0. The van der Waals surface area contributed by atoms with Gasteiger partial charge in [-0.15, -0.1) is 0 Å². The molecule has 98 valence electrons. The molecule has 1 atom stereocenters. The molecule has 2 aromatic rings. The Hall–Kier alpha value is -2.03. The van der Waals surface area contributed by atoms with Crippen LogP contribution in [0, 0.1) is 5.92 Å². The van der Waals surface area contributed by atoms with Crippen molar-refractivity contribution in [3.8, 4) is 0 Å². The Labute approximate surface area is 115 Å². The van der Waals surface area contributed by atoms with E-state index in [9.17, 15) is 9.59 Å². The van der Waals surface area contributed by atoms with Gasteiger partial charge in [-0.3, -0.25) is 19.6 Å². The third kappa shape index (κ3) is 1.86. The van der Waals surface area contributed by atoms with Crippen molar-refractivity contribution in [1.29, 1.82) is 0 Å². The first-order valence-corrected chi connectivity index (χ1v) is 6.31. The topological polar surface area (TPSA) is 118 Å². The molecule has 19 heavy (non-hydrogen) atoms. The number of carbonyl (C=O) groups excluding carboxylic acids is 2. The second kappa shape index (κ2) is 4.26. The highest BCUT2D eigenvalue weighted by molar-refractivity contribution is 9.10. The molecule has 3 heterocycles. The number of hydrogen-bond acceptors (Lipinski definition) is 5. The van der Waals surface area contributed by atoms with Crippen LogP contribution in [0.3, 0.4) is 0 Å². The normalized spacial score (nSPS) is 19.3. The molecule has 1 saturated heterocycles. The van der Waals surface area contributed by atoms with E-state index in [-0.39, 0.29) is 18.9 Å². The molecule has 0 spiro atoms. The molecule has 0 radical (unpaired) electrons. The first-order valence-electron chi connectivity index (χ1n) is 5.52. The van der Waals surface area contributed by atoms with Crippen LogP contribution in [0.5, 0.6) is 0 Å². The molecule has 0 bridgehead atoms. The predicted molar refractivity (Wildman–Crippen MR) is 69.0 cm³/mol. The zero-order chi connectivity index (χ0) is 13.6. The molecule has 9 heteroatoms. The standard InChI is InChI=1S/C10H9BrN6O2/c11-7-6-9(16-15-7)13-3-14-10(6)17-2-4(8(12)19)1-5(17)18/h3-4H,1-2H2,(H2,12,19)(H,13,14,15,16). The third-order valence-corrected chi connectivity index (χ3v) is 3.64. The van der Waals surface area contributed by atoms with Crippen LogP contribution >= 0.6 is 15.9 Å². The number of nitrogens with two attached hydrogens (primary N) is 1. The fourth-order valence-corrected chi connectivity index (χ4v) is 2.56. The number of halogens is 1. The monoisotopic (exact) mass is 324 g/mol. The summed E-state index contributed by atoms with van der Waals surface area (Å²) in [6.45, 7) is 0.234. The molecule has 0 aliphatic carbocycles. The fourth-order valence-electron chi connectivity index (χ4n) is 2.11. The quantitative estimate of drug-likeness (QED) is 0.803. The van der Waals surface area contributed by atoms with Crippen molar-refractivity contribution in [3.63, 3.8) is 0 Å². The zero-order valence-electron chi connectivity index (χ0n) is 9.63. The van der Waals surface area contributed by atoms with E-state index < -0.39 is 11.8 Å². The number of hydrogen-bond donors (Lipinski definition) is 2. The van der Waals surface area contributed by atoms with Gasteiger partial charge in [0.05, 0.1) is 11.3 Å². The number of primary amides is 1. The van der Waals surface area contributed by atoms with Crippen molar-refractivity contribution >= 4 is 44.6 Å². The van der Waals surface area contributed by atoms with Gasteiger partial charge >= 0.3 is 0 Å². The third-order valence-electron chi connectivity index (χ3n) is 3.07. The van der Waals surface area contributed by atoms with E-state index in [4.69, 9.17) is 5.73 Å². The second-order valence-corrected chi connectivity index (χ2v) is 5.03. The van der Waals surface area contributed by atoms with Crippen molar-refractivity contribution in [3.05, 3.63) is 10.9 Å². The number of fused-ring (bicyclic) bond motifs is 1. The number of anilines is 1. The van der Waals surface area contributed by atoms with Gasteiger partial charge < -0.3 is 5.73 Å². The highest BCUT2D eigenvalue weighted by Crippen LogP contribution is 2.31. The Morgan fingerprint density at radius 2 is 2.32 bits per heavy atom. The van der Waals surface area contributed by atoms with Crippen molar-refractivity contribution < 1.29 is 9.59 Å². The van der Waals surface area contributed by atoms with Crippen molar-refractivity contribution in [1.82, 2.24) is 20.2 Å². The molecule has 0 saturated carbocycles. The molecule has 1 fully saturated rings. The van der Waals surface area contributed by atoms with Crippen LogP contribution in [0.2, 0.25) is 0 Å². The average Bonchev–Trinajstić information content (AvgIpc) is 2.94. The number of nitrogens with one attached hydrogen (secondary N) is 1. The number of H-pyrrole nitrogens is 1. The molecule has 2 amide bonds. The van der Waals surface area contributed by atoms with Gasteiger partial charge in [0.25, 0.3) is 0 Å². The Bertz CT molecular complexity index is 684. The summed E-state index contributed by atoms with van der Waals surface area (Å²) < 4.78 is 0.591. The fraction of sp³-hybridized carbons (Fsp3) is 0.300. The Morgan fingerprint density at radius 1 is 1.53 bits per heavy atom. The number of aromatic nitrogens is 4. The number of amides is 2. The molecule has 3 N–H and O–H groups in total. The highest BCUT2D eigenvalue weighted by Gasteiger charge is 2.36. The summed E-state index contributed by atoms with van der Waals surface area (Å²) in [6, 6.07) is 0. The minimum absolute atomic E-state index is 0.107. The van der Waals surface area contributed by atoms with Crippen molar-refractivity contribution in [2.75, 3.05) is 11.4 Å². The predicted octanol–water partition coefficient (Wildman–Crippen LogP) is -0.0464. The summed E-state index contributed by atoms with van der Waals surface area (Å²) in [5.74, 6) is -0.716. The highest BCUT2D eigenvalue weighted by atomic mass is 79.9. The lowest BCUT2D eigenvalue weighted by molar-refractivity contribution is -0.123. The lowest BCUT2D eigenvalue weighted by Gasteiger charge is -2.15. The van der Waals surface area contributed by atoms with Crippen LogP contribution in [-0.2, 0) is 9.59 Å². The summed E-state index contributed by atoms with van der Waals surface area (Å²) in [5.41, 5.74) is 5.70. The summed E-state index contributed by atoms with van der Waals surface area (Å²) in [6.07, 6.45) is 1.44. The maximum Gasteiger partial charge on any atom is 0.229 e. The van der Waals surface area contributed by atoms with E-state index in [2.05, 4.69) is 36.1 Å². The van der Waals surface area contributed by atoms with E-state index in [0.29, 0.717) is 21.5 Å². The summed E-state index contributed by atoms with van der Waals surface area (Å²) >= 11 is 3.30. The van der Waals surface area contributed by atoms with Gasteiger partial charge in [0.15, 0.2) is 11.5 Å². The average molecular weight is 325 g/mol. The van der Waals surface area contributed by atoms with Crippen LogP contribution in [0.1, 0.15) is 6.42 Å². The summed E-state index contributed by atoms with van der Waals surface area (Å²) in [5, 5.41) is 7.31. The minimum Gasteiger partial charge on any atom is -0.369 e. The number of aromatic amines is 1. The van der Waals surface area contributed by atoms with Crippen LogP contribution < -0.4 is 10.6 Å². The van der Waals surface area contributed by atoms with Gasteiger partial charge in [-0.2, -0.15) is 5.10 Å². The van der Waals surface area contributed by atoms with Crippen LogP contribution in [0.4, 0.5) is 5.82 Å². The van der Waals surface area contributed by atoms with Crippen molar-refractivity contribution in [2.24, 2.45) is 11.7 Å². The Balaban J connectivity index is 2.08. The molecule has 2 aromatic heterocycles. The lowest BCUT2D eigenvalue weighted by Crippen LogP contribution is -2.29. The van der Waals surface area contributed by atoms with Crippen molar-refractivity contribution in [2.45, 2.75) is 6.42 Å². The van der Waals surface area contributed by atoms with E-state index in [1.807, 2.05) is 0 Å². The van der Waals surface area contributed by atoms with Gasteiger partial charge in [0.2, 0.25) is 11.8 Å². The number of carbonyl (C=O) groups is 2. The molecule has 1 aliphatic rings. The molecule has 0 aromatic carbocycles. The number of rotatable bonds is 2. The largest absolute Gasteiger partial charge is 0.369 e. The van der Waals surface area contributed by atoms with Crippen LogP contribution in [0.15, 0.2) is 10.9 Å². The molecule has 8 nitrogen and oxygen atoms in total. The van der Waals surface area contributed by atoms with E-state index in [0.717, 1.165) is 0 Å². The van der Waals surface area contributed by atoms with Gasteiger partial charge in [-0.25, -0.2) is 9.97 Å². The zero-order valence-corrected chi connectivity index (χ0v) is 11.2. The smallest absolute Gasteiger partial charge is 0.229 e. The Kier molecular flexibility index (Phi) is 2.70. The second-order valence-electron chi connectivity index (χ2n) is 4.24. The lowest BCUT2D eigenvalue weighted by atomic mass is 10.1. The van der Waals surface area contributed by atoms with E-state index in [1.54, 1.807) is 0 Å². The van der Waals surface area contributed by atoms with Crippen LogP contribution in [-0.4, -0.2) is 38.5 Å². The van der Waals surface area contributed by atoms with Gasteiger partial charge in [0.1, 0.15) is 10.9 Å². The SMILES string of the molecule is NC(=O)C1CC(=O)N(c2ncnc3n[nH]c(Br)c23)C1. The first kappa shape index (κ1) is 12.0. The van der Waals surface area contributed by atoms with Gasteiger partial charge in [-0.1, -0.05) is 0 Å². The maximum atomic E-state index is 12.0. The molecule has 3 rings (SSSR count). The molecular weight excluding hydrogens is 316 g/mol. The summed E-state index contributed by atoms with van der Waals surface area (Å²) in [4.78, 5) is 32.7. The van der Waals surface area contributed by atoms with E-state index in [1.165, 1.54) is 11.2 Å². The molecule has 1 aliphatic heterocycles. The van der Waals surface area contributed by atoms with Crippen LogP contribution in [0.25, 0.3) is 11.0 Å². The minimum atomic E-state index is -0.483. The summed E-state index contributed by atoms with van der Waals surface area (Å²) in [7, 11) is 0. The van der Waals surface area contributed by atoms with Gasteiger partial charge in [0, 0.05) is 13.0 Å². The van der Waals surface area contributed by atoms with Gasteiger partial charge in [-0.05, 0) is 15.9 Å². The Morgan fingerprint density at radius 3 is 3.00 bits per heavy atom. The molecular formula is C10H9BrN6O2. The number of nitrogens with zero attached hydrogens (tertiary/aromatic N) is 4.